The van der Waals surface area contributed by atoms with Crippen LogP contribution in [0.25, 0.3) is 0 Å². The van der Waals surface area contributed by atoms with E-state index in [2.05, 4.69) is 15.9 Å². The Kier molecular flexibility index (Phi) is 5.50. The van der Waals surface area contributed by atoms with Gasteiger partial charge in [0.25, 0.3) is 5.91 Å². The average Bonchev–Trinajstić information content (AvgIpc) is 2.54. The molecular formula is C17H22BrNO3. The van der Waals surface area contributed by atoms with Gasteiger partial charge in [-0.3, -0.25) is 4.79 Å². The van der Waals surface area contributed by atoms with Gasteiger partial charge in [0, 0.05) is 29.7 Å². The topological polar surface area (TPSA) is 38.8 Å². The summed E-state index contributed by atoms with van der Waals surface area (Å²) in [6.07, 6.45) is 5.05. The van der Waals surface area contributed by atoms with Crippen LogP contribution in [0.3, 0.4) is 0 Å². The maximum atomic E-state index is 12.5. The molecule has 0 N–H and O–H groups in total. The second kappa shape index (κ2) is 7.57. The predicted octanol–water partition coefficient (Wildman–Crippen LogP) is 3.38. The summed E-state index contributed by atoms with van der Waals surface area (Å²) in [6, 6.07) is 5.90. The number of halogens is 1. The molecule has 1 saturated heterocycles. The normalized spacial score (nSPS) is 21.8. The molecular weight excluding hydrogens is 346 g/mol. The van der Waals surface area contributed by atoms with Crippen molar-refractivity contribution in [3.63, 3.8) is 0 Å². The van der Waals surface area contributed by atoms with Gasteiger partial charge in [0.15, 0.2) is 6.29 Å². The van der Waals surface area contributed by atoms with E-state index in [1.54, 1.807) is 0 Å². The Morgan fingerprint density at radius 3 is 3.09 bits per heavy atom. The third kappa shape index (κ3) is 3.89. The highest BCUT2D eigenvalue weighted by atomic mass is 79.9. The minimum atomic E-state index is -0.0381. The van der Waals surface area contributed by atoms with Crippen molar-refractivity contribution < 1.29 is 14.3 Å². The number of fused-ring (bicyclic) bond motifs is 1. The summed E-state index contributed by atoms with van der Waals surface area (Å²) in [6.45, 7) is 3.01. The molecule has 1 atom stereocenters. The number of hydrogen-bond donors (Lipinski definition) is 0. The Morgan fingerprint density at radius 2 is 2.27 bits per heavy atom. The van der Waals surface area contributed by atoms with E-state index in [4.69, 9.17) is 9.47 Å². The fourth-order valence-electron chi connectivity index (χ4n) is 3.03. The van der Waals surface area contributed by atoms with Gasteiger partial charge in [0.2, 0.25) is 0 Å². The van der Waals surface area contributed by atoms with Gasteiger partial charge in [-0.1, -0.05) is 15.9 Å². The second-order valence-corrected chi connectivity index (χ2v) is 6.78. The molecule has 120 valence electrons. The Morgan fingerprint density at radius 1 is 1.36 bits per heavy atom. The van der Waals surface area contributed by atoms with Crippen LogP contribution in [0.2, 0.25) is 0 Å². The van der Waals surface area contributed by atoms with Crippen LogP contribution in [0.15, 0.2) is 22.7 Å². The smallest absolute Gasteiger partial charge is 0.254 e. The van der Waals surface area contributed by atoms with E-state index in [0.29, 0.717) is 6.61 Å². The molecule has 2 heterocycles. The number of carbonyl (C=O) groups is 1. The van der Waals surface area contributed by atoms with Crippen molar-refractivity contribution in [2.45, 2.75) is 38.4 Å². The summed E-state index contributed by atoms with van der Waals surface area (Å²) in [5.41, 5.74) is 1.98. The van der Waals surface area contributed by atoms with E-state index in [1.165, 1.54) is 6.42 Å². The van der Waals surface area contributed by atoms with Gasteiger partial charge in [0.1, 0.15) is 0 Å². The molecule has 0 saturated carbocycles. The summed E-state index contributed by atoms with van der Waals surface area (Å²) >= 11 is 3.46. The average molecular weight is 368 g/mol. The number of nitrogens with zero attached hydrogens (tertiary/aromatic N) is 1. The summed E-state index contributed by atoms with van der Waals surface area (Å²) in [4.78, 5) is 14.4. The Labute approximate surface area is 139 Å². The van der Waals surface area contributed by atoms with Gasteiger partial charge >= 0.3 is 0 Å². The third-order valence-corrected chi connectivity index (χ3v) is 4.74. The minimum absolute atomic E-state index is 0.0381. The lowest BCUT2D eigenvalue weighted by molar-refractivity contribution is -0.162. The van der Waals surface area contributed by atoms with Crippen LogP contribution in [0.5, 0.6) is 0 Å². The molecule has 0 aromatic heterocycles. The van der Waals surface area contributed by atoms with Gasteiger partial charge in [-0.15, -0.1) is 0 Å². The molecule has 1 aromatic rings. The molecule has 4 nitrogen and oxygen atoms in total. The van der Waals surface area contributed by atoms with E-state index in [1.807, 2.05) is 23.1 Å². The van der Waals surface area contributed by atoms with Gasteiger partial charge in [-0.05, 0) is 55.9 Å². The van der Waals surface area contributed by atoms with E-state index in [-0.39, 0.29) is 12.2 Å². The molecule has 0 aliphatic carbocycles. The summed E-state index contributed by atoms with van der Waals surface area (Å²) in [7, 11) is 0. The van der Waals surface area contributed by atoms with Crippen molar-refractivity contribution in [3.8, 4) is 0 Å². The monoisotopic (exact) mass is 367 g/mol. The minimum Gasteiger partial charge on any atom is -0.353 e. The van der Waals surface area contributed by atoms with Crippen molar-refractivity contribution in [2.24, 2.45) is 0 Å². The predicted molar refractivity (Wildman–Crippen MR) is 87.9 cm³/mol. The first-order chi connectivity index (χ1) is 10.7. The lowest BCUT2D eigenvalue weighted by Crippen LogP contribution is -2.38. The Balaban J connectivity index is 1.45. The first kappa shape index (κ1) is 16.0. The van der Waals surface area contributed by atoms with Crippen LogP contribution in [0.1, 0.15) is 41.6 Å². The quantitative estimate of drug-likeness (QED) is 0.748. The standard InChI is InChI=1S/C17H22BrNO3/c18-14-5-6-15-13(12-14)7-9-19(17(15)20)8-3-11-22-16-4-1-2-10-21-16/h5-6,12,16H,1-4,7-11H2/t16-/m0/s1. The van der Waals surface area contributed by atoms with Gasteiger partial charge in [0.05, 0.1) is 6.61 Å². The van der Waals surface area contributed by atoms with E-state index < -0.39 is 0 Å². The van der Waals surface area contributed by atoms with Crippen molar-refractivity contribution in [1.29, 1.82) is 0 Å². The highest BCUT2D eigenvalue weighted by Gasteiger charge is 2.24. The highest BCUT2D eigenvalue weighted by Crippen LogP contribution is 2.23. The van der Waals surface area contributed by atoms with Gasteiger partial charge in [-0.25, -0.2) is 0 Å². The van der Waals surface area contributed by atoms with Crippen LogP contribution in [-0.4, -0.2) is 43.4 Å². The first-order valence-electron chi connectivity index (χ1n) is 8.05. The number of ether oxygens (including phenoxy) is 2. The molecule has 0 spiro atoms. The maximum Gasteiger partial charge on any atom is 0.254 e. The SMILES string of the molecule is O=C1c2ccc(Br)cc2CCN1CCCO[C@H]1CCCCO1. The zero-order valence-electron chi connectivity index (χ0n) is 12.7. The molecule has 1 amide bonds. The number of rotatable bonds is 5. The van der Waals surface area contributed by atoms with Crippen molar-refractivity contribution in [3.05, 3.63) is 33.8 Å². The van der Waals surface area contributed by atoms with Gasteiger partial charge < -0.3 is 14.4 Å². The Bertz CT molecular complexity index is 529. The lowest BCUT2D eigenvalue weighted by atomic mass is 9.99. The summed E-state index contributed by atoms with van der Waals surface area (Å²) in [5.74, 6) is 0.141. The van der Waals surface area contributed by atoms with Crippen LogP contribution in [0.4, 0.5) is 0 Å². The van der Waals surface area contributed by atoms with Crippen molar-refractivity contribution in [1.82, 2.24) is 4.90 Å². The largest absolute Gasteiger partial charge is 0.353 e. The van der Waals surface area contributed by atoms with Crippen LogP contribution in [-0.2, 0) is 15.9 Å². The van der Waals surface area contributed by atoms with Crippen molar-refractivity contribution in [2.75, 3.05) is 26.3 Å². The molecule has 0 radical (unpaired) electrons. The molecule has 22 heavy (non-hydrogen) atoms. The number of benzene rings is 1. The maximum absolute atomic E-state index is 12.5. The molecule has 5 heteroatoms. The molecule has 2 aliphatic rings. The van der Waals surface area contributed by atoms with Crippen molar-refractivity contribution >= 4 is 21.8 Å². The zero-order chi connectivity index (χ0) is 15.4. The number of amides is 1. The zero-order valence-corrected chi connectivity index (χ0v) is 14.3. The van der Waals surface area contributed by atoms with E-state index >= 15 is 0 Å². The van der Waals surface area contributed by atoms with Crippen LogP contribution in [0, 0.1) is 0 Å². The molecule has 2 aliphatic heterocycles. The number of hydrogen-bond acceptors (Lipinski definition) is 3. The second-order valence-electron chi connectivity index (χ2n) is 5.86. The van der Waals surface area contributed by atoms with E-state index in [0.717, 1.165) is 61.0 Å². The molecule has 3 rings (SSSR count). The third-order valence-electron chi connectivity index (χ3n) is 4.25. The fraction of sp³-hybridized carbons (Fsp3) is 0.588. The summed E-state index contributed by atoms with van der Waals surface area (Å²) < 4.78 is 12.3. The first-order valence-corrected chi connectivity index (χ1v) is 8.84. The molecule has 0 bridgehead atoms. The lowest BCUT2D eigenvalue weighted by Gasteiger charge is -2.29. The van der Waals surface area contributed by atoms with E-state index in [9.17, 15) is 4.79 Å². The fourth-order valence-corrected chi connectivity index (χ4v) is 3.44. The van der Waals surface area contributed by atoms with Gasteiger partial charge in [-0.2, -0.15) is 0 Å². The number of carbonyl (C=O) groups excluding carboxylic acids is 1. The summed E-state index contributed by atoms with van der Waals surface area (Å²) in [5, 5.41) is 0. The molecule has 1 fully saturated rings. The van der Waals surface area contributed by atoms with Crippen LogP contribution < -0.4 is 0 Å². The molecule has 0 unspecified atom stereocenters. The van der Waals surface area contributed by atoms with Crippen LogP contribution >= 0.6 is 15.9 Å². The molecule has 1 aromatic carbocycles. The Hall–Kier alpha value is -0.910. The highest BCUT2D eigenvalue weighted by molar-refractivity contribution is 9.10.